The van der Waals surface area contributed by atoms with Gasteiger partial charge in [0.1, 0.15) is 0 Å². The number of rotatable bonds is 6. The first-order valence-corrected chi connectivity index (χ1v) is 5.84. The summed E-state index contributed by atoms with van der Waals surface area (Å²) in [4.78, 5) is 33.4. The van der Waals surface area contributed by atoms with Crippen LogP contribution in [-0.2, 0) is 11.3 Å². The maximum atomic E-state index is 11.6. The lowest BCUT2D eigenvalue weighted by Crippen LogP contribution is -2.37. The van der Waals surface area contributed by atoms with Crippen LogP contribution in [0.4, 0.5) is 10.5 Å². The summed E-state index contributed by atoms with van der Waals surface area (Å²) in [5, 5.41) is 21.7. The number of urea groups is 1. The highest BCUT2D eigenvalue weighted by molar-refractivity contribution is 5.75. The molecule has 1 rings (SSSR count). The number of nitrogens with zero attached hydrogens (tertiary/aromatic N) is 2. The van der Waals surface area contributed by atoms with Gasteiger partial charge in [-0.1, -0.05) is 12.1 Å². The van der Waals surface area contributed by atoms with E-state index in [0.717, 1.165) is 0 Å². The van der Waals surface area contributed by atoms with Crippen LogP contribution in [0.3, 0.4) is 0 Å². The van der Waals surface area contributed by atoms with Gasteiger partial charge < -0.3 is 15.3 Å². The molecular formula is C12H15N3O5. The summed E-state index contributed by atoms with van der Waals surface area (Å²) >= 11 is 0. The van der Waals surface area contributed by atoms with Gasteiger partial charge in [-0.25, -0.2) is 4.79 Å². The van der Waals surface area contributed by atoms with Crippen LogP contribution < -0.4 is 5.32 Å². The minimum atomic E-state index is -0.983. The molecule has 0 fully saturated rings. The summed E-state index contributed by atoms with van der Waals surface area (Å²) in [6.45, 7) is 0.230. The fraction of sp³-hybridized carbons (Fsp3) is 0.333. The Labute approximate surface area is 115 Å². The number of aliphatic carboxylic acids is 1. The summed E-state index contributed by atoms with van der Waals surface area (Å²) in [7, 11) is 1.48. The molecule has 0 aliphatic carbocycles. The standard InChI is InChI=1S/C12H15N3O5/c1-14(6-5-11(16)17)12(18)13-8-9-3-2-4-10(7-9)15(19)20/h2-4,7H,5-6,8H2,1H3,(H,13,18)(H,16,17). The number of carboxylic acid groups (broad SMARTS) is 1. The van der Waals surface area contributed by atoms with Crippen molar-refractivity contribution in [3.63, 3.8) is 0 Å². The number of carbonyl (C=O) groups is 2. The summed E-state index contributed by atoms with van der Waals surface area (Å²) in [5.74, 6) is -0.983. The zero-order valence-electron chi connectivity index (χ0n) is 10.9. The van der Waals surface area contributed by atoms with Gasteiger partial charge in [0.15, 0.2) is 0 Å². The summed E-state index contributed by atoms with van der Waals surface area (Å²) in [6.07, 6.45) is -0.138. The van der Waals surface area contributed by atoms with E-state index in [2.05, 4.69) is 5.32 Å². The quantitative estimate of drug-likeness (QED) is 0.601. The minimum Gasteiger partial charge on any atom is -0.481 e. The molecule has 108 valence electrons. The highest BCUT2D eigenvalue weighted by Crippen LogP contribution is 2.12. The first-order chi connectivity index (χ1) is 9.40. The lowest BCUT2D eigenvalue weighted by Gasteiger charge is -2.16. The third kappa shape index (κ3) is 4.92. The molecule has 2 amide bonds. The molecule has 0 spiro atoms. The van der Waals surface area contributed by atoms with Crippen LogP contribution >= 0.6 is 0 Å². The zero-order chi connectivity index (χ0) is 15.1. The van der Waals surface area contributed by atoms with Crippen molar-refractivity contribution >= 4 is 17.7 Å². The van der Waals surface area contributed by atoms with Crippen LogP contribution in [0.2, 0.25) is 0 Å². The van der Waals surface area contributed by atoms with Crippen molar-refractivity contribution in [2.45, 2.75) is 13.0 Å². The Bertz CT molecular complexity index is 518. The van der Waals surface area contributed by atoms with Crippen molar-refractivity contribution in [2.75, 3.05) is 13.6 Å². The first-order valence-electron chi connectivity index (χ1n) is 5.84. The van der Waals surface area contributed by atoms with E-state index in [1.807, 2.05) is 0 Å². The highest BCUT2D eigenvalue weighted by atomic mass is 16.6. The van der Waals surface area contributed by atoms with Crippen molar-refractivity contribution in [3.8, 4) is 0 Å². The summed E-state index contributed by atoms with van der Waals surface area (Å²) < 4.78 is 0. The van der Waals surface area contributed by atoms with Gasteiger partial charge in [0.25, 0.3) is 5.69 Å². The van der Waals surface area contributed by atoms with Crippen LogP contribution in [0.5, 0.6) is 0 Å². The summed E-state index contributed by atoms with van der Waals surface area (Å²) in [6, 6.07) is 5.50. The third-order valence-electron chi connectivity index (χ3n) is 2.57. The fourth-order valence-corrected chi connectivity index (χ4v) is 1.46. The topological polar surface area (TPSA) is 113 Å². The number of hydrogen-bond donors (Lipinski definition) is 2. The first kappa shape index (κ1) is 15.4. The van der Waals surface area contributed by atoms with E-state index in [1.165, 1.54) is 30.1 Å². The van der Waals surface area contributed by atoms with Gasteiger partial charge in [0.05, 0.1) is 11.3 Å². The number of carboxylic acids is 1. The molecule has 8 nitrogen and oxygen atoms in total. The maximum absolute atomic E-state index is 11.6. The van der Waals surface area contributed by atoms with Gasteiger partial charge in [0, 0.05) is 32.3 Å². The zero-order valence-corrected chi connectivity index (χ0v) is 10.9. The van der Waals surface area contributed by atoms with Crippen LogP contribution in [-0.4, -0.2) is 40.5 Å². The average Bonchev–Trinajstić information content (AvgIpc) is 2.42. The lowest BCUT2D eigenvalue weighted by molar-refractivity contribution is -0.384. The van der Waals surface area contributed by atoms with Gasteiger partial charge in [-0.15, -0.1) is 0 Å². The second-order valence-corrected chi connectivity index (χ2v) is 4.15. The van der Waals surface area contributed by atoms with Crippen molar-refractivity contribution < 1.29 is 19.6 Å². The van der Waals surface area contributed by atoms with Crippen LogP contribution in [0.1, 0.15) is 12.0 Å². The Kier molecular flexibility index (Phi) is 5.45. The number of hydrogen-bond acceptors (Lipinski definition) is 4. The Hall–Kier alpha value is -2.64. The monoisotopic (exact) mass is 281 g/mol. The third-order valence-corrected chi connectivity index (χ3v) is 2.57. The van der Waals surface area contributed by atoms with Crippen LogP contribution in [0, 0.1) is 10.1 Å². The molecule has 0 unspecified atom stereocenters. The molecule has 20 heavy (non-hydrogen) atoms. The van der Waals surface area contributed by atoms with Crippen molar-refractivity contribution in [1.82, 2.24) is 10.2 Å². The van der Waals surface area contributed by atoms with Gasteiger partial charge in [-0.2, -0.15) is 0 Å². The van der Waals surface area contributed by atoms with E-state index in [9.17, 15) is 19.7 Å². The highest BCUT2D eigenvalue weighted by Gasteiger charge is 2.10. The average molecular weight is 281 g/mol. The Morgan fingerprint density at radius 3 is 2.75 bits per heavy atom. The lowest BCUT2D eigenvalue weighted by atomic mass is 10.2. The SMILES string of the molecule is CN(CCC(=O)O)C(=O)NCc1cccc([N+](=O)[O-])c1. The van der Waals surface area contributed by atoms with E-state index in [0.29, 0.717) is 5.56 Å². The molecule has 0 saturated carbocycles. The molecule has 1 aromatic carbocycles. The predicted octanol–water partition coefficient (Wildman–Crippen LogP) is 1.21. The fourth-order valence-electron chi connectivity index (χ4n) is 1.46. The van der Waals surface area contributed by atoms with E-state index >= 15 is 0 Å². The molecule has 0 radical (unpaired) electrons. The van der Waals surface area contributed by atoms with Crippen LogP contribution in [0.25, 0.3) is 0 Å². The largest absolute Gasteiger partial charge is 0.481 e. The minimum absolute atomic E-state index is 0.0454. The second kappa shape index (κ2) is 7.07. The van der Waals surface area contributed by atoms with Gasteiger partial charge in [-0.3, -0.25) is 14.9 Å². The smallest absolute Gasteiger partial charge is 0.317 e. The van der Waals surface area contributed by atoms with E-state index in [-0.39, 0.29) is 25.2 Å². The molecule has 8 heteroatoms. The summed E-state index contributed by atoms with van der Waals surface area (Å²) in [5.41, 5.74) is 0.551. The number of non-ortho nitro benzene ring substituents is 1. The molecule has 1 aromatic rings. The van der Waals surface area contributed by atoms with Crippen molar-refractivity contribution in [1.29, 1.82) is 0 Å². The van der Waals surface area contributed by atoms with Crippen LogP contribution in [0.15, 0.2) is 24.3 Å². The van der Waals surface area contributed by atoms with Crippen molar-refractivity contribution in [3.05, 3.63) is 39.9 Å². The normalized spacial score (nSPS) is 9.85. The molecule has 0 aliphatic heterocycles. The van der Waals surface area contributed by atoms with Crippen molar-refractivity contribution in [2.24, 2.45) is 0 Å². The van der Waals surface area contributed by atoms with E-state index in [1.54, 1.807) is 6.07 Å². The number of nitro benzene ring substituents is 1. The Morgan fingerprint density at radius 2 is 2.15 bits per heavy atom. The van der Waals surface area contributed by atoms with Gasteiger partial charge >= 0.3 is 12.0 Å². The molecule has 0 bridgehead atoms. The molecule has 0 aromatic heterocycles. The van der Waals surface area contributed by atoms with E-state index < -0.39 is 16.9 Å². The maximum Gasteiger partial charge on any atom is 0.317 e. The Balaban J connectivity index is 2.50. The number of benzene rings is 1. The van der Waals surface area contributed by atoms with E-state index in [4.69, 9.17) is 5.11 Å². The molecule has 0 heterocycles. The molecular weight excluding hydrogens is 266 g/mol. The number of nitro groups is 1. The Morgan fingerprint density at radius 1 is 1.45 bits per heavy atom. The number of carbonyl (C=O) groups excluding carboxylic acids is 1. The van der Waals surface area contributed by atoms with Gasteiger partial charge in [-0.05, 0) is 5.56 Å². The number of amides is 2. The molecule has 0 saturated heterocycles. The molecule has 2 N–H and O–H groups in total. The number of nitrogens with one attached hydrogen (secondary N) is 1. The predicted molar refractivity (Wildman–Crippen MR) is 70.2 cm³/mol. The van der Waals surface area contributed by atoms with Gasteiger partial charge in [0.2, 0.25) is 0 Å². The molecule has 0 atom stereocenters. The molecule has 0 aliphatic rings. The second-order valence-electron chi connectivity index (χ2n) is 4.15.